The van der Waals surface area contributed by atoms with Crippen LogP contribution in [0.4, 0.5) is 0 Å². The Morgan fingerprint density at radius 1 is 1.24 bits per heavy atom. The van der Waals surface area contributed by atoms with Gasteiger partial charge in [0.1, 0.15) is 11.5 Å². The van der Waals surface area contributed by atoms with Gasteiger partial charge in [-0.15, -0.1) is 12.4 Å². The molecule has 1 aliphatic heterocycles. The minimum Gasteiger partial charge on any atom is -0.495 e. The Balaban J connectivity index is 0.00000220. The highest BCUT2D eigenvalue weighted by molar-refractivity contribution is 7.89. The lowest BCUT2D eigenvalue weighted by atomic mass is 10.3. The summed E-state index contributed by atoms with van der Waals surface area (Å²) < 4.78 is 37.4. The summed E-state index contributed by atoms with van der Waals surface area (Å²) in [6.45, 7) is 1.49. The summed E-state index contributed by atoms with van der Waals surface area (Å²) in [6.07, 6.45) is 0.799. The molecule has 0 saturated carbocycles. The Labute approximate surface area is 131 Å². The average molecular weight is 337 g/mol. The van der Waals surface area contributed by atoms with E-state index in [-0.39, 0.29) is 23.3 Å². The molecule has 1 unspecified atom stereocenters. The van der Waals surface area contributed by atoms with Crippen molar-refractivity contribution in [2.75, 3.05) is 34.4 Å². The molecule has 1 aliphatic rings. The Hall–Kier alpha value is -1.02. The summed E-state index contributed by atoms with van der Waals surface area (Å²) in [7, 11) is 0.830. The molecule has 0 bridgehead atoms. The average Bonchev–Trinajstić information content (AvgIpc) is 2.99. The predicted octanol–water partition coefficient (Wildman–Crippen LogP) is 1.11. The Morgan fingerprint density at radius 2 is 1.81 bits per heavy atom. The molecule has 1 fully saturated rings. The van der Waals surface area contributed by atoms with Gasteiger partial charge in [-0.25, -0.2) is 8.42 Å². The molecule has 0 aromatic heterocycles. The normalized spacial score (nSPS) is 18.4. The van der Waals surface area contributed by atoms with Crippen LogP contribution in [0.1, 0.15) is 6.42 Å². The Morgan fingerprint density at radius 3 is 2.24 bits per heavy atom. The van der Waals surface area contributed by atoms with E-state index < -0.39 is 10.0 Å². The zero-order valence-electron chi connectivity index (χ0n) is 12.3. The van der Waals surface area contributed by atoms with Crippen molar-refractivity contribution in [3.8, 4) is 11.5 Å². The molecule has 1 aromatic rings. The molecule has 1 heterocycles. The van der Waals surface area contributed by atoms with Crippen LogP contribution in [0.15, 0.2) is 23.1 Å². The van der Waals surface area contributed by atoms with Crippen LogP contribution >= 0.6 is 12.4 Å². The number of hydrogen-bond donors (Lipinski definition) is 1. The molecule has 0 aliphatic carbocycles. The lowest BCUT2D eigenvalue weighted by Gasteiger charge is -2.25. The number of rotatable bonds is 5. The van der Waals surface area contributed by atoms with Crippen LogP contribution in [0.3, 0.4) is 0 Å². The molecule has 1 atom stereocenters. The van der Waals surface area contributed by atoms with E-state index in [2.05, 4.69) is 5.32 Å². The van der Waals surface area contributed by atoms with Crippen molar-refractivity contribution in [1.82, 2.24) is 9.62 Å². The predicted molar refractivity (Wildman–Crippen MR) is 83.0 cm³/mol. The molecular formula is C13H21ClN2O4S. The second-order valence-electron chi connectivity index (χ2n) is 4.66. The molecule has 2 rings (SSSR count). The molecule has 0 spiro atoms. The van der Waals surface area contributed by atoms with E-state index in [9.17, 15) is 8.42 Å². The monoisotopic (exact) mass is 336 g/mol. The summed E-state index contributed by atoms with van der Waals surface area (Å²) >= 11 is 0. The second-order valence-corrected chi connectivity index (χ2v) is 6.59. The van der Waals surface area contributed by atoms with Gasteiger partial charge in [-0.3, -0.25) is 0 Å². The summed E-state index contributed by atoms with van der Waals surface area (Å²) in [5.74, 6) is 0.587. The van der Waals surface area contributed by atoms with Crippen molar-refractivity contribution in [2.24, 2.45) is 0 Å². The van der Waals surface area contributed by atoms with Gasteiger partial charge < -0.3 is 14.8 Å². The first-order chi connectivity index (χ1) is 9.52. The number of benzene rings is 1. The molecule has 8 heteroatoms. The van der Waals surface area contributed by atoms with Crippen LogP contribution in [0, 0.1) is 0 Å². The summed E-state index contributed by atoms with van der Waals surface area (Å²) in [5.41, 5.74) is 0. The van der Waals surface area contributed by atoms with Gasteiger partial charge in [0.05, 0.1) is 14.2 Å². The topological polar surface area (TPSA) is 67.9 Å². The zero-order chi connectivity index (χ0) is 14.8. The van der Waals surface area contributed by atoms with Crippen molar-refractivity contribution in [3.05, 3.63) is 18.2 Å². The summed E-state index contributed by atoms with van der Waals surface area (Å²) in [4.78, 5) is 0.0828. The number of ether oxygens (including phenoxy) is 2. The van der Waals surface area contributed by atoms with Gasteiger partial charge in [0.25, 0.3) is 10.0 Å². The molecule has 120 valence electrons. The number of hydrogen-bond acceptors (Lipinski definition) is 5. The number of halogens is 1. The first-order valence-corrected chi connectivity index (χ1v) is 7.86. The third-order valence-electron chi connectivity index (χ3n) is 3.57. The van der Waals surface area contributed by atoms with Crippen LogP contribution < -0.4 is 14.8 Å². The van der Waals surface area contributed by atoms with Crippen LogP contribution in [-0.2, 0) is 10.0 Å². The molecule has 6 nitrogen and oxygen atoms in total. The first-order valence-electron chi connectivity index (χ1n) is 6.42. The minimum absolute atomic E-state index is 0. The van der Waals surface area contributed by atoms with Gasteiger partial charge in [0, 0.05) is 19.6 Å². The van der Waals surface area contributed by atoms with Gasteiger partial charge >= 0.3 is 0 Å². The van der Waals surface area contributed by atoms with Crippen molar-refractivity contribution >= 4 is 22.4 Å². The van der Waals surface area contributed by atoms with Crippen molar-refractivity contribution in [1.29, 1.82) is 0 Å². The third-order valence-corrected chi connectivity index (χ3v) is 5.54. The highest BCUT2D eigenvalue weighted by Gasteiger charge is 2.34. The molecule has 21 heavy (non-hydrogen) atoms. The number of likely N-dealkylation sites (N-methyl/N-ethyl adjacent to an activating group) is 1. The molecule has 1 saturated heterocycles. The van der Waals surface area contributed by atoms with Crippen molar-refractivity contribution in [3.63, 3.8) is 0 Å². The van der Waals surface area contributed by atoms with Crippen molar-refractivity contribution < 1.29 is 17.9 Å². The van der Waals surface area contributed by atoms with Gasteiger partial charge in [-0.1, -0.05) is 6.07 Å². The first kappa shape index (κ1) is 18.0. The van der Waals surface area contributed by atoms with E-state index in [0.717, 1.165) is 13.0 Å². The van der Waals surface area contributed by atoms with E-state index in [1.807, 2.05) is 0 Å². The SMILES string of the molecule is COc1cccc(OC)c1S(=O)(=O)N(C)C1CCNC1.Cl. The zero-order valence-corrected chi connectivity index (χ0v) is 14.0. The third kappa shape index (κ3) is 3.42. The maximum atomic E-state index is 12.8. The maximum absolute atomic E-state index is 12.8. The van der Waals surface area contributed by atoms with Crippen LogP contribution in [0.5, 0.6) is 11.5 Å². The van der Waals surface area contributed by atoms with Crippen molar-refractivity contribution in [2.45, 2.75) is 17.4 Å². The smallest absolute Gasteiger partial charge is 0.250 e. The number of nitrogens with zero attached hydrogens (tertiary/aromatic N) is 1. The van der Waals surface area contributed by atoms with Crippen LogP contribution in [0.2, 0.25) is 0 Å². The van der Waals surface area contributed by atoms with E-state index in [1.54, 1.807) is 25.2 Å². The summed E-state index contributed by atoms with van der Waals surface area (Å²) in [5, 5.41) is 3.17. The van der Waals surface area contributed by atoms with E-state index in [1.165, 1.54) is 18.5 Å². The lowest BCUT2D eigenvalue weighted by molar-refractivity contribution is 0.356. The number of methoxy groups -OCH3 is 2. The number of sulfonamides is 1. The second kappa shape index (κ2) is 7.31. The van der Waals surface area contributed by atoms with Gasteiger partial charge in [0.15, 0.2) is 4.90 Å². The van der Waals surface area contributed by atoms with Crippen LogP contribution in [-0.4, -0.2) is 53.1 Å². The molecule has 1 aromatic carbocycles. The fraction of sp³-hybridized carbons (Fsp3) is 0.538. The van der Waals surface area contributed by atoms with Gasteiger partial charge in [-0.05, 0) is 25.1 Å². The largest absolute Gasteiger partial charge is 0.495 e. The summed E-state index contributed by atoms with van der Waals surface area (Å²) in [6, 6.07) is 4.90. The molecule has 0 amide bonds. The van der Waals surface area contributed by atoms with Gasteiger partial charge in [0.2, 0.25) is 0 Å². The lowest BCUT2D eigenvalue weighted by Crippen LogP contribution is -2.38. The van der Waals surface area contributed by atoms with E-state index >= 15 is 0 Å². The fourth-order valence-electron chi connectivity index (χ4n) is 2.36. The number of nitrogens with one attached hydrogen (secondary N) is 1. The Bertz CT molecular complexity index is 551. The molecular weight excluding hydrogens is 316 g/mol. The highest BCUT2D eigenvalue weighted by atomic mass is 35.5. The fourth-order valence-corrected chi connectivity index (χ4v) is 4.03. The minimum atomic E-state index is -3.66. The Kier molecular flexibility index (Phi) is 6.27. The maximum Gasteiger partial charge on any atom is 0.250 e. The van der Waals surface area contributed by atoms with Crippen LogP contribution in [0.25, 0.3) is 0 Å². The highest BCUT2D eigenvalue weighted by Crippen LogP contribution is 2.35. The van der Waals surface area contributed by atoms with E-state index in [0.29, 0.717) is 18.0 Å². The van der Waals surface area contributed by atoms with E-state index in [4.69, 9.17) is 9.47 Å². The standard InChI is InChI=1S/C13H20N2O4S.ClH/c1-15(10-7-8-14-9-10)20(16,17)13-11(18-2)5-4-6-12(13)19-3;/h4-6,10,14H,7-9H2,1-3H3;1H. The molecule has 0 radical (unpaired) electrons. The quantitative estimate of drug-likeness (QED) is 0.872. The molecule has 1 N–H and O–H groups in total. The van der Waals surface area contributed by atoms with Gasteiger partial charge in [-0.2, -0.15) is 4.31 Å².